The number of benzene rings is 2. The molecule has 2 fully saturated rings. The van der Waals surface area contributed by atoms with Crippen molar-refractivity contribution in [1.29, 1.82) is 0 Å². The van der Waals surface area contributed by atoms with Gasteiger partial charge < -0.3 is 10.2 Å². The number of nitrogens with zero attached hydrogens (tertiary/aromatic N) is 3. The first-order chi connectivity index (χ1) is 17.4. The van der Waals surface area contributed by atoms with Crippen LogP contribution in [0.15, 0.2) is 34.0 Å². The molecule has 1 aromatic heterocycles. The molecule has 3 aromatic rings. The van der Waals surface area contributed by atoms with E-state index in [1.165, 1.54) is 4.57 Å². The summed E-state index contributed by atoms with van der Waals surface area (Å²) in [5, 5.41) is 3.17. The Morgan fingerprint density at radius 2 is 1.89 bits per heavy atom. The molecule has 0 aliphatic carbocycles. The highest BCUT2D eigenvalue weighted by molar-refractivity contribution is 7.99. The molecule has 1 N–H and O–H groups in total. The van der Waals surface area contributed by atoms with Gasteiger partial charge >= 0.3 is 11.9 Å². The summed E-state index contributed by atoms with van der Waals surface area (Å²) >= 11 is 1.05. The van der Waals surface area contributed by atoms with Crippen molar-refractivity contribution in [2.75, 3.05) is 35.2 Å². The van der Waals surface area contributed by atoms with Crippen LogP contribution < -0.4 is 15.9 Å². The molecule has 37 heavy (non-hydrogen) atoms. The first-order valence-corrected chi connectivity index (χ1v) is 14.2. The number of rotatable bonds is 2. The number of fused-ring (bicyclic) bond motifs is 1. The quantitative estimate of drug-likeness (QED) is 0.484. The number of halogens is 5. The van der Waals surface area contributed by atoms with Crippen molar-refractivity contribution in [2.24, 2.45) is 0 Å². The van der Waals surface area contributed by atoms with Crippen LogP contribution in [-0.2, 0) is 22.6 Å². The molecule has 0 spiro atoms. The van der Waals surface area contributed by atoms with Gasteiger partial charge in [-0.25, -0.2) is 22.0 Å². The molecule has 7 nitrogen and oxygen atoms in total. The highest BCUT2D eigenvalue weighted by Gasteiger charge is 2.45. The van der Waals surface area contributed by atoms with Crippen LogP contribution in [0.25, 0.3) is 22.0 Å². The minimum Gasteiger partial charge on any atom is -0.349 e. The predicted octanol–water partition coefficient (Wildman–Crippen LogP) is 3.04. The number of anilines is 1. The number of piperazine rings is 1. The lowest BCUT2D eigenvalue weighted by Gasteiger charge is -2.39. The summed E-state index contributed by atoms with van der Waals surface area (Å²) in [6, 6.07) is 2.16. The molecule has 0 saturated carbocycles. The summed E-state index contributed by atoms with van der Waals surface area (Å²) < 4.78 is 97.8. The summed E-state index contributed by atoms with van der Waals surface area (Å²) in [6.07, 6.45) is -4.92. The highest BCUT2D eigenvalue weighted by atomic mass is 32.2. The highest BCUT2D eigenvalue weighted by Crippen LogP contribution is 2.49. The predicted molar refractivity (Wildman–Crippen MR) is 129 cm³/mol. The van der Waals surface area contributed by atoms with Crippen molar-refractivity contribution in [2.45, 2.75) is 29.7 Å². The molecule has 4 heterocycles. The van der Waals surface area contributed by atoms with Gasteiger partial charge in [0.05, 0.1) is 28.6 Å². The van der Waals surface area contributed by atoms with Crippen LogP contribution in [-0.4, -0.2) is 60.4 Å². The van der Waals surface area contributed by atoms with E-state index in [1.54, 1.807) is 4.90 Å². The van der Waals surface area contributed by atoms with Crippen molar-refractivity contribution < 1.29 is 30.4 Å². The van der Waals surface area contributed by atoms with E-state index in [2.05, 4.69) is 10.3 Å². The third-order valence-corrected chi connectivity index (χ3v) is 9.81. The van der Waals surface area contributed by atoms with Gasteiger partial charge in [0.2, 0.25) is 0 Å². The van der Waals surface area contributed by atoms with E-state index in [0.29, 0.717) is 12.6 Å². The van der Waals surface area contributed by atoms with Crippen LogP contribution in [0.2, 0.25) is 0 Å². The molecule has 0 bridgehead atoms. The fourth-order valence-electron chi connectivity index (χ4n) is 5.51. The molecule has 196 valence electrons. The molecular weight excluding hydrogens is 539 g/mol. The lowest BCUT2D eigenvalue weighted by Crippen LogP contribution is -2.58. The Balaban J connectivity index is 1.68. The molecule has 2 atom stereocenters. The summed E-state index contributed by atoms with van der Waals surface area (Å²) in [4.78, 5) is 18.9. The first-order valence-electron chi connectivity index (χ1n) is 11.4. The molecule has 0 radical (unpaired) electrons. The van der Waals surface area contributed by atoms with E-state index >= 15 is 0 Å². The minimum absolute atomic E-state index is 0.0229. The van der Waals surface area contributed by atoms with Gasteiger partial charge in [-0.05, 0) is 18.2 Å². The summed E-state index contributed by atoms with van der Waals surface area (Å²) in [5.41, 5.74) is -2.55. The topological polar surface area (TPSA) is 84.3 Å². The largest absolute Gasteiger partial charge is 0.417 e. The van der Waals surface area contributed by atoms with Gasteiger partial charge in [-0.15, -0.1) is 11.8 Å². The zero-order valence-electron chi connectivity index (χ0n) is 19.0. The lowest BCUT2D eigenvalue weighted by molar-refractivity contribution is -0.137. The van der Waals surface area contributed by atoms with Crippen LogP contribution in [0, 0.1) is 11.6 Å². The average Bonchev–Trinajstić information content (AvgIpc) is 3.14. The molecular formula is C23H19F5N4O3S2. The normalized spacial score (nSPS) is 22.9. The molecule has 3 aliphatic heterocycles. The molecule has 0 unspecified atom stereocenters. The van der Waals surface area contributed by atoms with Gasteiger partial charge in [0.1, 0.15) is 17.5 Å². The van der Waals surface area contributed by atoms with E-state index in [9.17, 15) is 35.2 Å². The fourth-order valence-corrected chi connectivity index (χ4v) is 8.67. The maximum Gasteiger partial charge on any atom is 0.417 e. The number of aromatic nitrogens is 2. The Labute approximate surface area is 211 Å². The second-order valence-electron chi connectivity index (χ2n) is 9.26. The van der Waals surface area contributed by atoms with Crippen LogP contribution in [0.4, 0.5) is 27.8 Å². The van der Waals surface area contributed by atoms with Crippen molar-refractivity contribution in [1.82, 2.24) is 14.9 Å². The van der Waals surface area contributed by atoms with Crippen molar-refractivity contribution >= 4 is 38.3 Å². The van der Waals surface area contributed by atoms with Gasteiger partial charge in [0.25, 0.3) is 0 Å². The number of aryl methyl sites for hydroxylation is 1. The van der Waals surface area contributed by atoms with Gasteiger partial charge in [0, 0.05) is 58.9 Å². The first kappa shape index (κ1) is 24.6. The Morgan fingerprint density at radius 3 is 2.62 bits per heavy atom. The van der Waals surface area contributed by atoms with Crippen LogP contribution >= 0.6 is 11.8 Å². The number of hydrogen-bond donors (Lipinski definition) is 1. The van der Waals surface area contributed by atoms with Gasteiger partial charge in [0.15, 0.2) is 9.84 Å². The van der Waals surface area contributed by atoms with Crippen LogP contribution in [0.1, 0.15) is 5.56 Å². The van der Waals surface area contributed by atoms with Crippen LogP contribution in [0.3, 0.4) is 0 Å². The SMILES string of the molecule is O=c1nc(N2CCN[C@@H]3CS(=O)(=O)C[C@@H]32)c2cc(C(F)(F)F)c(-c3ccc(F)cc3F)c3c2n1CCS3. The van der Waals surface area contributed by atoms with Crippen LogP contribution in [0.5, 0.6) is 0 Å². The standard InChI is InChI=1S/C23H19F5N4O3S2/c24-11-1-2-12(15(25)7-11)18-14(23(26,27)28)8-13-19-20(18)36-6-5-32(19)22(33)30-21(13)31-4-3-29-16-9-37(34,35)10-17(16)31/h1-2,7-8,16-17,29H,3-6,9-10H2/t16-,17+/m1/s1. The van der Waals surface area contributed by atoms with Gasteiger partial charge in [-0.3, -0.25) is 4.57 Å². The molecule has 2 saturated heterocycles. The van der Waals surface area contributed by atoms with Crippen molar-refractivity contribution in [3.8, 4) is 11.1 Å². The molecule has 14 heteroatoms. The average molecular weight is 559 g/mol. The Morgan fingerprint density at radius 1 is 1.11 bits per heavy atom. The van der Waals surface area contributed by atoms with E-state index in [4.69, 9.17) is 0 Å². The van der Waals surface area contributed by atoms with Gasteiger partial charge in [-0.1, -0.05) is 0 Å². The van der Waals surface area contributed by atoms with Gasteiger partial charge in [-0.2, -0.15) is 18.2 Å². The number of nitrogens with one attached hydrogen (secondary N) is 1. The number of alkyl halides is 3. The fraction of sp³-hybridized carbons (Fsp3) is 0.391. The lowest BCUT2D eigenvalue weighted by atomic mass is 9.95. The third-order valence-electron chi connectivity index (χ3n) is 7.02. The zero-order chi connectivity index (χ0) is 26.3. The van der Waals surface area contributed by atoms with E-state index in [1.807, 2.05) is 0 Å². The second kappa shape index (κ2) is 8.40. The second-order valence-corrected chi connectivity index (χ2v) is 12.5. The van der Waals surface area contributed by atoms with E-state index in [0.717, 1.165) is 30.0 Å². The van der Waals surface area contributed by atoms with Crippen molar-refractivity contribution in [3.05, 3.63) is 51.9 Å². The Hall–Kier alpha value is -2.71. The summed E-state index contributed by atoms with van der Waals surface area (Å²) in [7, 11) is -3.40. The molecule has 2 aromatic carbocycles. The molecule has 6 rings (SSSR count). The van der Waals surface area contributed by atoms with E-state index in [-0.39, 0.29) is 52.0 Å². The monoisotopic (exact) mass is 558 g/mol. The molecule has 0 amide bonds. The minimum atomic E-state index is -4.92. The molecule has 3 aliphatic rings. The Kier molecular flexibility index (Phi) is 5.59. The Bertz CT molecular complexity index is 1620. The number of hydrogen-bond acceptors (Lipinski definition) is 7. The van der Waals surface area contributed by atoms with E-state index < -0.39 is 62.1 Å². The number of thioether (sulfide) groups is 1. The maximum atomic E-state index is 14.8. The smallest absolute Gasteiger partial charge is 0.349 e. The third kappa shape index (κ3) is 4.00. The zero-order valence-corrected chi connectivity index (χ0v) is 20.6. The summed E-state index contributed by atoms with van der Waals surface area (Å²) in [5.74, 6) is -2.20. The maximum absolute atomic E-state index is 14.8. The summed E-state index contributed by atoms with van der Waals surface area (Å²) in [6.45, 7) is 0.773. The van der Waals surface area contributed by atoms with Crippen molar-refractivity contribution in [3.63, 3.8) is 0 Å². The number of sulfone groups is 1.